The van der Waals surface area contributed by atoms with Crippen molar-refractivity contribution in [1.29, 1.82) is 0 Å². The predicted molar refractivity (Wildman–Crippen MR) is 104 cm³/mol. The van der Waals surface area contributed by atoms with Crippen LogP contribution in [0.15, 0.2) is 42.5 Å². The Morgan fingerprint density at radius 1 is 1.08 bits per heavy atom. The van der Waals surface area contributed by atoms with Gasteiger partial charge in [0.25, 0.3) is 11.8 Å². The third-order valence-electron chi connectivity index (χ3n) is 4.33. The molecule has 1 aliphatic heterocycles. The Morgan fingerprint density at radius 2 is 1.77 bits per heavy atom. The smallest absolute Gasteiger partial charge is 0.282 e. The topological polar surface area (TPSA) is 53.9 Å². The van der Waals surface area contributed by atoms with Gasteiger partial charge in [0, 0.05) is 12.2 Å². The first-order valence-corrected chi connectivity index (χ1v) is 9.14. The lowest BCUT2D eigenvalue weighted by molar-refractivity contribution is -0.862. The van der Waals surface area contributed by atoms with E-state index in [4.69, 9.17) is 23.2 Å². The first kappa shape index (κ1) is 18.7. The number of benzene rings is 2. The maximum atomic E-state index is 12.6. The van der Waals surface area contributed by atoms with Gasteiger partial charge in [0.15, 0.2) is 13.1 Å². The molecule has 2 aromatic rings. The van der Waals surface area contributed by atoms with Crippen LogP contribution < -0.4 is 15.1 Å². The molecule has 3 rings (SSSR count). The number of para-hydroxylation sites is 2. The molecule has 5 nitrogen and oxygen atoms in total. The number of anilines is 2. The van der Waals surface area contributed by atoms with Crippen molar-refractivity contribution in [2.45, 2.75) is 6.42 Å². The van der Waals surface area contributed by atoms with E-state index in [0.717, 1.165) is 17.0 Å². The molecule has 2 amide bonds. The Bertz CT molecular complexity index is 821. The zero-order chi connectivity index (χ0) is 18.7. The van der Waals surface area contributed by atoms with Gasteiger partial charge >= 0.3 is 0 Å². The number of rotatable bonds is 5. The van der Waals surface area contributed by atoms with E-state index in [2.05, 4.69) is 5.32 Å². The summed E-state index contributed by atoms with van der Waals surface area (Å²) in [6, 6.07) is 12.9. The van der Waals surface area contributed by atoms with Gasteiger partial charge in [-0.3, -0.25) is 9.59 Å². The summed E-state index contributed by atoms with van der Waals surface area (Å²) in [5, 5.41) is 3.48. The Labute approximate surface area is 162 Å². The van der Waals surface area contributed by atoms with Gasteiger partial charge in [0.1, 0.15) is 0 Å². The standard InChI is InChI=1S/C19H19Cl2N3O2/c1-23(11-17(25)22-19-14(20)6-4-7-15(19)21)12-18(26)24-10-9-13-5-2-3-8-16(13)24/h2-8H,9-12H2,1H3,(H,22,25)/p+1. The van der Waals surface area contributed by atoms with Gasteiger partial charge in [-0.1, -0.05) is 47.5 Å². The van der Waals surface area contributed by atoms with E-state index in [1.807, 2.05) is 31.3 Å². The average Bonchev–Trinajstić information content (AvgIpc) is 3.02. The van der Waals surface area contributed by atoms with Gasteiger partial charge in [-0.05, 0) is 30.2 Å². The lowest BCUT2D eigenvalue weighted by atomic mass is 10.2. The summed E-state index contributed by atoms with van der Waals surface area (Å²) >= 11 is 12.1. The monoisotopic (exact) mass is 392 g/mol. The predicted octanol–water partition coefficient (Wildman–Crippen LogP) is 2.04. The number of hydrogen-bond acceptors (Lipinski definition) is 2. The Morgan fingerprint density at radius 3 is 2.50 bits per heavy atom. The summed E-state index contributed by atoms with van der Waals surface area (Å²) < 4.78 is 0. The van der Waals surface area contributed by atoms with Crippen molar-refractivity contribution < 1.29 is 14.5 Å². The highest BCUT2D eigenvalue weighted by Crippen LogP contribution is 2.29. The number of carbonyl (C=O) groups excluding carboxylic acids is 2. The summed E-state index contributed by atoms with van der Waals surface area (Å²) in [6.45, 7) is 1.06. The van der Waals surface area contributed by atoms with Crippen molar-refractivity contribution in [2.24, 2.45) is 0 Å². The van der Waals surface area contributed by atoms with Crippen LogP contribution in [0.5, 0.6) is 0 Å². The molecule has 0 spiro atoms. The first-order chi connectivity index (χ1) is 12.5. The highest BCUT2D eigenvalue weighted by Gasteiger charge is 2.26. The zero-order valence-corrected chi connectivity index (χ0v) is 15.9. The fraction of sp³-hybridized carbons (Fsp3) is 0.263. The molecule has 136 valence electrons. The van der Waals surface area contributed by atoms with E-state index in [1.165, 1.54) is 5.56 Å². The van der Waals surface area contributed by atoms with Gasteiger partial charge in [-0.2, -0.15) is 0 Å². The second kappa shape index (κ2) is 8.08. The second-order valence-corrected chi connectivity index (χ2v) is 7.19. The Kier molecular flexibility index (Phi) is 5.81. The third-order valence-corrected chi connectivity index (χ3v) is 4.96. The molecule has 1 atom stereocenters. The van der Waals surface area contributed by atoms with Crippen molar-refractivity contribution in [2.75, 3.05) is 36.9 Å². The fourth-order valence-electron chi connectivity index (χ4n) is 3.09. The van der Waals surface area contributed by atoms with E-state index in [1.54, 1.807) is 23.1 Å². The van der Waals surface area contributed by atoms with E-state index in [-0.39, 0.29) is 24.9 Å². The molecule has 0 bridgehead atoms. The first-order valence-electron chi connectivity index (χ1n) is 8.39. The fourth-order valence-corrected chi connectivity index (χ4v) is 3.58. The van der Waals surface area contributed by atoms with Crippen LogP contribution in [0, 0.1) is 0 Å². The molecule has 2 aromatic carbocycles. The highest BCUT2D eigenvalue weighted by molar-refractivity contribution is 6.39. The van der Waals surface area contributed by atoms with Crippen molar-refractivity contribution in [1.82, 2.24) is 0 Å². The van der Waals surface area contributed by atoms with E-state index in [9.17, 15) is 9.59 Å². The Hall–Kier alpha value is -2.08. The molecule has 7 heteroatoms. The largest absolute Gasteiger partial charge is 0.322 e. The van der Waals surface area contributed by atoms with Gasteiger partial charge < -0.3 is 15.1 Å². The Balaban J connectivity index is 1.56. The van der Waals surface area contributed by atoms with Crippen LogP contribution in [0.1, 0.15) is 5.56 Å². The summed E-state index contributed by atoms with van der Waals surface area (Å²) in [7, 11) is 1.81. The molecule has 0 fully saturated rings. The molecule has 0 aromatic heterocycles. The minimum absolute atomic E-state index is 0.0102. The SMILES string of the molecule is C[NH+](CC(=O)Nc1c(Cl)cccc1Cl)CC(=O)N1CCc2ccccc21. The number of amides is 2. The van der Waals surface area contributed by atoms with Crippen LogP contribution in [0.25, 0.3) is 0 Å². The lowest BCUT2D eigenvalue weighted by Gasteiger charge is -2.20. The number of halogens is 2. The van der Waals surface area contributed by atoms with Crippen molar-refractivity contribution in [3.8, 4) is 0 Å². The van der Waals surface area contributed by atoms with Crippen molar-refractivity contribution in [3.63, 3.8) is 0 Å². The second-order valence-electron chi connectivity index (χ2n) is 6.38. The van der Waals surface area contributed by atoms with E-state index >= 15 is 0 Å². The molecular formula is C19H20Cl2N3O2+. The van der Waals surface area contributed by atoms with Gasteiger partial charge in [0.2, 0.25) is 0 Å². The molecule has 0 saturated carbocycles. The molecular weight excluding hydrogens is 373 g/mol. The third kappa shape index (κ3) is 4.18. The summed E-state index contributed by atoms with van der Waals surface area (Å²) in [4.78, 5) is 27.4. The highest BCUT2D eigenvalue weighted by atomic mass is 35.5. The molecule has 0 saturated heterocycles. The normalized spacial score (nSPS) is 14.0. The molecule has 26 heavy (non-hydrogen) atoms. The molecule has 1 unspecified atom stereocenters. The molecule has 0 aliphatic carbocycles. The number of nitrogens with one attached hydrogen (secondary N) is 2. The van der Waals surface area contributed by atoms with Gasteiger partial charge in [-0.15, -0.1) is 0 Å². The zero-order valence-electron chi connectivity index (χ0n) is 14.4. The van der Waals surface area contributed by atoms with Crippen LogP contribution in [-0.2, 0) is 16.0 Å². The average molecular weight is 393 g/mol. The molecule has 1 heterocycles. The minimum Gasteiger partial charge on any atom is -0.322 e. The molecule has 1 aliphatic rings. The van der Waals surface area contributed by atoms with Crippen LogP contribution in [-0.4, -0.2) is 38.5 Å². The lowest BCUT2D eigenvalue weighted by Crippen LogP contribution is -3.11. The number of nitrogens with zero attached hydrogens (tertiary/aromatic N) is 1. The van der Waals surface area contributed by atoms with Crippen LogP contribution >= 0.6 is 23.2 Å². The van der Waals surface area contributed by atoms with E-state index in [0.29, 0.717) is 22.3 Å². The summed E-state index contributed by atoms with van der Waals surface area (Å²) in [5.41, 5.74) is 2.55. The van der Waals surface area contributed by atoms with Crippen LogP contribution in [0.2, 0.25) is 10.0 Å². The molecule has 2 N–H and O–H groups in total. The van der Waals surface area contributed by atoms with Crippen LogP contribution in [0.4, 0.5) is 11.4 Å². The number of likely N-dealkylation sites (N-methyl/N-ethyl adjacent to an activating group) is 1. The number of carbonyl (C=O) groups is 2. The number of fused-ring (bicyclic) bond motifs is 1. The van der Waals surface area contributed by atoms with Crippen molar-refractivity contribution >= 4 is 46.4 Å². The number of quaternary nitrogens is 1. The maximum Gasteiger partial charge on any atom is 0.282 e. The van der Waals surface area contributed by atoms with Crippen LogP contribution in [0.3, 0.4) is 0 Å². The van der Waals surface area contributed by atoms with Crippen molar-refractivity contribution in [3.05, 3.63) is 58.1 Å². The maximum absolute atomic E-state index is 12.6. The van der Waals surface area contributed by atoms with Gasteiger partial charge in [-0.25, -0.2) is 0 Å². The quantitative estimate of drug-likeness (QED) is 0.817. The minimum atomic E-state index is -0.243. The summed E-state index contributed by atoms with van der Waals surface area (Å²) in [6.07, 6.45) is 0.868. The number of hydrogen-bond donors (Lipinski definition) is 2. The van der Waals surface area contributed by atoms with E-state index < -0.39 is 0 Å². The van der Waals surface area contributed by atoms with Gasteiger partial charge in [0.05, 0.1) is 22.8 Å². The molecule has 0 radical (unpaired) electrons. The summed E-state index contributed by atoms with van der Waals surface area (Å²) in [5.74, 6) is -0.233.